The van der Waals surface area contributed by atoms with Gasteiger partial charge in [-0.25, -0.2) is 0 Å². The molecule has 1 aromatic rings. The summed E-state index contributed by atoms with van der Waals surface area (Å²) >= 11 is 11.6. The third-order valence-corrected chi connectivity index (χ3v) is 4.62. The Morgan fingerprint density at radius 3 is 2.58 bits per heavy atom. The first kappa shape index (κ1) is 13.3. The molecule has 3 rings (SSSR count). The van der Waals surface area contributed by atoms with E-state index in [4.69, 9.17) is 23.2 Å². The molecule has 2 heterocycles. The highest BCUT2D eigenvalue weighted by atomic mass is 35.5. The quantitative estimate of drug-likeness (QED) is 0.862. The molecule has 1 aliphatic heterocycles. The largest absolute Gasteiger partial charge is 0.389 e. The van der Waals surface area contributed by atoms with Crippen molar-refractivity contribution in [2.45, 2.75) is 37.7 Å². The number of nitrogens with zero attached hydrogens (tertiary/aromatic N) is 4. The lowest BCUT2D eigenvalue weighted by atomic mass is 9.71. The number of fused-ring (bicyclic) bond motifs is 1. The van der Waals surface area contributed by atoms with E-state index < -0.39 is 5.60 Å². The topological polar surface area (TPSA) is 62.1 Å². The lowest BCUT2D eigenvalue weighted by molar-refractivity contribution is -0.0614. The van der Waals surface area contributed by atoms with E-state index >= 15 is 0 Å². The number of aliphatic hydroxyl groups is 1. The first-order valence-electron chi connectivity index (χ1n) is 6.61. The van der Waals surface area contributed by atoms with Crippen molar-refractivity contribution in [1.82, 2.24) is 15.0 Å². The zero-order valence-electron chi connectivity index (χ0n) is 10.5. The molecule has 104 valence electrons. The van der Waals surface area contributed by atoms with Crippen LogP contribution in [0.4, 0.5) is 5.95 Å². The molecular weight excluding hydrogens is 287 g/mol. The van der Waals surface area contributed by atoms with Crippen molar-refractivity contribution in [3.8, 4) is 0 Å². The molecule has 2 aliphatic rings. The number of hydrogen-bond donors (Lipinski definition) is 1. The van der Waals surface area contributed by atoms with E-state index in [1.54, 1.807) is 0 Å². The van der Waals surface area contributed by atoms with E-state index in [1.807, 2.05) is 4.90 Å². The average molecular weight is 303 g/mol. The van der Waals surface area contributed by atoms with Gasteiger partial charge in [0.2, 0.25) is 16.5 Å². The zero-order chi connectivity index (χ0) is 13.5. The minimum atomic E-state index is -0.505. The van der Waals surface area contributed by atoms with E-state index in [-0.39, 0.29) is 16.5 Å². The molecule has 0 bridgehead atoms. The molecule has 1 N–H and O–H groups in total. The molecule has 2 unspecified atom stereocenters. The summed E-state index contributed by atoms with van der Waals surface area (Å²) in [6.45, 7) is 1.48. The Labute approximate surface area is 122 Å². The molecule has 0 aromatic carbocycles. The summed E-state index contributed by atoms with van der Waals surface area (Å²) in [5.41, 5.74) is -0.505. The van der Waals surface area contributed by atoms with Gasteiger partial charge in [-0.3, -0.25) is 0 Å². The summed E-state index contributed by atoms with van der Waals surface area (Å²) in [5, 5.41) is 10.9. The molecule has 1 aromatic heterocycles. The van der Waals surface area contributed by atoms with Gasteiger partial charge < -0.3 is 10.0 Å². The third-order valence-electron chi connectivity index (χ3n) is 4.28. The fourth-order valence-electron chi connectivity index (χ4n) is 3.21. The Kier molecular flexibility index (Phi) is 3.53. The van der Waals surface area contributed by atoms with Crippen molar-refractivity contribution in [3.05, 3.63) is 10.6 Å². The molecule has 0 amide bonds. The summed E-state index contributed by atoms with van der Waals surface area (Å²) in [4.78, 5) is 14.0. The lowest BCUT2D eigenvalue weighted by Crippen LogP contribution is -2.53. The van der Waals surface area contributed by atoms with Gasteiger partial charge >= 0.3 is 0 Å². The monoisotopic (exact) mass is 302 g/mol. The highest BCUT2D eigenvalue weighted by Crippen LogP contribution is 2.40. The van der Waals surface area contributed by atoms with Gasteiger partial charge in [-0.1, -0.05) is 12.8 Å². The van der Waals surface area contributed by atoms with Crippen LogP contribution in [0.15, 0.2) is 0 Å². The first-order valence-corrected chi connectivity index (χ1v) is 7.37. The Morgan fingerprint density at radius 2 is 1.84 bits per heavy atom. The minimum Gasteiger partial charge on any atom is -0.389 e. The molecule has 7 heteroatoms. The summed E-state index contributed by atoms with van der Waals surface area (Å²) < 4.78 is 0. The summed E-state index contributed by atoms with van der Waals surface area (Å²) in [5.74, 6) is 0.793. The van der Waals surface area contributed by atoms with Crippen molar-refractivity contribution in [2.75, 3.05) is 18.0 Å². The number of rotatable bonds is 1. The van der Waals surface area contributed by atoms with Crippen LogP contribution in [0.5, 0.6) is 0 Å². The van der Waals surface area contributed by atoms with Crippen LogP contribution < -0.4 is 4.90 Å². The van der Waals surface area contributed by atoms with Crippen molar-refractivity contribution in [1.29, 1.82) is 0 Å². The third kappa shape index (κ3) is 2.64. The maximum atomic E-state index is 10.6. The van der Waals surface area contributed by atoms with Gasteiger partial charge in [0.1, 0.15) is 0 Å². The SMILES string of the molecule is OC12CCCCC1CN(c1nc(Cl)nc(Cl)n1)CC2. The smallest absolute Gasteiger partial charge is 0.230 e. The number of hydrogen-bond acceptors (Lipinski definition) is 5. The first-order chi connectivity index (χ1) is 9.07. The van der Waals surface area contributed by atoms with E-state index in [1.165, 1.54) is 6.42 Å². The molecule has 2 fully saturated rings. The van der Waals surface area contributed by atoms with E-state index in [2.05, 4.69) is 15.0 Å². The van der Waals surface area contributed by atoms with Crippen LogP contribution in [0, 0.1) is 5.92 Å². The second-order valence-corrected chi connectivity index (χ2v) is 6.09. The van der Waals surface area contributed by atoms with Crippen LogP contribution in [-0.2, 0) is 0 Å². The van der Waals surface area contributed by atoms with E-state index in [9.17, 15) is 5.11 Å². The summed E-state index contributed by atoms with van der Waals surface area (Å²) in [7, 11) is 0. The Morgan fingerprint density at radius 1 is 1.11 bits per heavy atom. The maximum Gasteiger partial charge on any atom is 0.230 e. The number of halogens is 2. The van der Waals surface area contributed by atoms with Crippen LogP contribution in [-0.4, -0.2) is 38.7 Å². The second-order valence-electron chi connectivity index (χ2n) is 5.42. The normalized spacial score (nSPS) is 31.1. The summed E-state index contributed by atoms with van der Waals surface area (Å²) in [6.07, 6.45) is 5.01. The lowest BCUT2D eigenvalue weighted by Gasteiger charge is -2.47. The number of anilines is 1. The van der Waals surface area contributed by atoms with Gasteiger partial charge in [0.25, 0.3) is 0 Å². The van der Waals surface area contributed by atoms with Crippen LogP contribution >= 0.6 is 23.2 Å². The van der Waals surface area contributed by atoms with Gasteiger partial charge in [-0.15, -0.1) is 0 Å². The molecule has 5 nitrogen and oxygen atoms in total. The Bertz CT molecular complexity index is 467. The average Bonchev–Trinajstić information content (AvgIpc) is 2.36. The Balaban J connectivity index is 1.80. The van der Waals surface area contributed by atoms with Gasteiger partial charge in [-0.2, -0.15) is 15.0 Å². The molecule has 19 heavy (non-hydrogen) atoms. The zero-order valence-corrected chi connectivity index (χ0v) is 12.0. The van der Waals surface area contributed by atoms with Crippen LogP contribution in [0.2, 0.25) is 10.6 Å². The highest BCUT2D eigenvalue weighted by molar-refractivity contribution is 6.31. The van der Waals surface area contributed by atoms with Crippen LogP contribution in [0.1, 0.15) is 32.1 Å². The van der Waals surface area contributed by atoms with Gasteiger partial charge in [0.15, 0.2) is 0 Å². The van der Waals surface area contributed by atoms with Crippen LogP contribution in [0.3, 0.4) is 0 Å². The molecule has 0 spiro atoms. The molecule has 0 radical (unpaired) electrons. The van der Waals surface area contributed by atoms with Gasteiger partial charge in [-0.05, 0) is 42.5 Å². The highest BCUT2D eigenvalue weighted by Gasteiger charge is 2.43. The molecule has 2 atom stereocenters. The minimum absolute atomic E-state index is 0.111. The molecule has 1 aliphatic carbocycles. The van der Waals surface area contributed by atoms with E-state index in [0.717, 1.165) is 38.8 Å². The van der Waals surface area contributed by atoms with Gasteiger partial charge in [0, 0.05) is 19.0 Å². The fourth-order valence-corrected chi connectivity index (χ4v) is 3.56. The van der Waals surface area contributed by atoms with Crippen LogP contribution in [0.25, 0.3) is 0 Å². The maximum absolute atomic E-state index is 10.6. The standard InChI is InChI=1S/C12H16Cl2N4O/c13-9-15-10(14)17-11(16-9)18-6-5-12(19)4-2-1-3-8(12)7-18/h8,19H,1-7H2. The molecular formula is C12H16Cl2N4O. The predicted octanol–water partition coefficient (Wildman–Crippen LogP) is 2.31. The van der Waals surface area contributed by atoms with Crippen molar-refractivity contribution in [3.63, 3.8) is 0 Å². The second kappa shape index (κ2) is 5.04. The fraction of sp³-hybridized carbons (Fsp3) is 0.750. The predicted molar refractivity (Wildman–Crippen MR) is 73.6 cm³/mol. The van der Waals surface area contributed by atoms with Gasteiger partial charge in [0.05, 0.1) is 5.60 Å². The Hall–Kier alpha value is -0.650. The number of piperidine rings is 1. The molecule has 1 saturated heterocycles. The summed E-state index contributed by atoms with van der Waals surface area (Å²) in [6, 6.07) is 0. The molecule has 1 saturated carbocycles. The van der Waals surface area contributed by atoms with Crippen molar-refractivity contribution < 1.29 is 5.11 Å². The number of aromatic nitrogens is 3. The van der Waals surface area contributed by atoms with Crippen molar-refractivity contribution in [2.24, 2.45) is 5.92 Å². The van der Waals surface area contributed by atoms with E-state index in [0.29, 0.717) is 5.95 Å². The van der Waals surface area contributed by atoms with Crippen molar-refractivity contribution >= 4 is 29.2 Å².